The largest absolute Gasteiger partial charge is 0.327 e. The maximum absolute atomic E-state index is 5.83. The molecule has 0 fully saturated rings. The third-order valence-corrected chi connectivity index (χ3v) is 2.31. The second-order valence-corrected chi connectivity index (χ2v) is 3.72. The van der Waals surface area contributed by atoms with E-state index in [1.165, 1.54) is 0 Å². The molecule has 0 bridgehead atoms. The van der Waals surface area contributed by atoms with Crippen LogP contribution in [0.25, 0.3) is 0 Å². The van der Waals surface area contributed by atoms with Gasteiger partial charge in [0, 0.05) is 25.5 Å². The summed E-state index contributed by atoms with van der Waals surface area (Å²) in [5.74, 6) is 0. The summed E-state index contributed by atoms with van der Waals surface area (Å²) in [4.78, 5) is 4.09. The number of nitrogens with zero attached hydrogens (tertiary/aromatic N) is 4. The zero-order valence-corrected chi connectivity index (χ0v) is 8.96. The van der Waals surface area contributed by atoms with Crippen LogP contribution in [0, 0.1) is 0 Å². The van der Waals surface area contributed by atoms with Gasteiger partial charge in [0.1, 0.15) is 0 Å². The average molecular weight is 205 g/mol. The van der Waals surface area contributed by atoms with Crippen molar-refractivity contribution in [3.63, 3.8) is 0 Å². The summed E-state index contributed by atoms with van der Waals surface area (Å²) in [6.07, 6.45) is 5.51. The molecular weight excluding hydrogens is 190 g/mol. The Morgan fingerprint density at radius 2 is 2.33 bits per heavy atom. The van der Waals surface area contributed by atoms with Gasteiger partial charge in [0.25, 0.3) is 0 Å². The molecule has 15 heavy (non-hydrogen) atoms. The van der Waals surface area contributed by atoms with Crippen molar-refractivity contribution in [1.29, 1.82) is 0 Å². The highest BCUT2D eigenvalue weighted by Crippen LogP contribution is 2.10. The lowest BCUT2D eigenvalue weighted by atomic mass is 10.2. The van der Waals surface area contributed by atoms with Crippen molar-refractivity contribution in [2.75, 3.05) is 0 Å². The van der Waals surface area contributed by atoms with Crippen LogP contribution in [-0.2, 0) is 13.6 Å². The lowest BCUT2D eigenvalue weighted by Gasteiger charge is -2.08. The highest BCUT2D eigenvalue weighted by atomic mass is 15.3. The molecule has 0 amide bonds. The van der Waals surface area contributed by atoms with Crippen LogP contribution in [0.2, 0.25) is 0 Å². The topological polar surface area (TPSA) is 61.7 Å². The van der Waals surface area contributed by atoms with Crippen molar-refractivity contribution in [2.24, 2.45) is 12.8 Å². The number of rotatable bonds is 3. The van der Waals surface area contributed by atoms with Crippen LogP contribution < -0.4 is 5.73 Å². The predicted octanol–water partition coefficient (Wildman–Crippen LogP) is 0.685. The molecule has 0 aliphatic heterocycles. The van der Waals surface area contributed by atoms with E-state index in [2.05, 4.69) is 10.1 Å². The molecule has 1 atom stereocenters. The van der Waals surface area contributed by atoms with Gasteiger partial charge in [-0.3, -0.25) is 4.68 Å². The Morgan fingerprint density at radius 1 is 1.53 bits per heavy atom. The van der Waals surface area contributed by atoms with Crippen molar-refractivity contribution >= 4 is 0 Å². The smallest absolute Gasteiger partial charge is 0.0952 e. The zero-order chi connectivity index (χ0) is 10.8. The van der Waals surface area contributed by atoms with Gasteiger partial charge in [-0.25, -0.2) is 4.98 Å². The van der Waals surface area contributed by atoms with E-state index in [0.717, 1.165) is 17.9 Å². The molecule has 2 rings (SSSR count). The summed E-state index contributed by atoms with van der Waals surface area (Å²) in [5.41, 5.74) is 7.87. The van der Waals surface area contributed by atoms with E-state index >= 15 is 0 Å². The van der Waals surface area contributed by atoms with E-state index in [-0.39, 0.29) is 6.04 Å². The minimum absolute atomic E-state index is 0.00351. The van der Waals surface area contributed by atoms with Crippen molar-refractivity contribution in [2.45, 2.75) is 19.5 Å². The van der Waals surface area contributed by atoms with Crippen LogP contribution in [0.4, 0.5) is 0 Å². The first-order valence-corrected chi connectivity index (χ1v) is 4.91. The van der Waals surface area contributed by atoms with Crippen LogP contribution in [0.5, 0.6) is 0 Å². The second kappa shape index (κ2) is 3.86. The van der Waals surface area contributed by atoms with Gasteiger partial charge in [0.15, 0.2) is 0 Å². The molecule has 0 aromatic carbocycles. The SMILES string of the molecule is C[C@@H](N)c1cncn1Cc1ccn(C)n1. The van der Waals surface area contributed by atoms with E-state index in [4.69, 9.17) is 5.73 Å². The molecule has 0 saturated carbocycles. The Hall–Kier alpha value is -1.62. The van der Waals surface area contributed by atoms with Crippen LogP contribution in [0.15, 0.2) is 24.8 Å². The molecule has 0 spiro atoms. The Morgan fingerprint density at radius 3 is 2.93 bits per heavy atom. The minimum atomic E-state index is -0.00351. The standard InChI is InChI=1S/C10H15N5/c1-8(11)10-5-12-7-15(10)6-9-3-4-14(2)13-9/h3-5,7-8H,6,11H2,1-2H3/t8-/m1/s1. The first-order chi connectivity index (χ1) is 7.16. The number of aromatic nitrogens is 4. The van der Waals surface area contributed by atoms with Gasteiger partial charge in [-0.2, -0.15) is 5.10 Å². The van der Waals surface area contributed by atoms with Gasteiger partial charge >= 0.3 is 0 Å². The second-order valence-electron chi connectivity index (χ2n) is 3.72. The predicted molar refractivity (Wildman–Crippen MR) is 57.1 cm³/mol. The molecule has 0 saturated heterocycles. The lowest BCUT2D eigenvalue weighted by molar-refractivity contribution is 0.650. The molecule has 2 N–H and O–H groups in total. The summed E-state index contributed by atoms with van der Waals surface area (Å²) in [6.45, 7) is 2.67. The molecule has 2 aromatic heterocycles. The Bertz CT molecular complexity index is 440. The first-order valence-electron chi connectivity index (χ1n) is 4.91. The van der Waals surface area contributed by atoms with Crippen LogP contribution >= 0.6 is 0 Å². The Labute approximate surface area is 88.5 Å². The summed E-state index contributed by atoms with van der Waals surface area (Å²) in [7, 11) is 1.91. The summed E-state index contributed by atoms with van der Waals surface area (Å²) in [5, 5.41) is 4.31. The van der Waals surface area contributed by atoms with Gasteiger partial charge in [-0.1, -0.05) is 0 Å². The van der Waals surface area contributed by atoms with E-state index in [0.29, 0.717) is 0 Å². The van der Waals surface area contributed by atoms with E-state index in [1.54, 1.807) is 17.2 Å². The third-order valence-electron chi connectivity index (χ3n) is 2.31. The monoisotopic (exact) mass is 205 g/mol. The van der Waals surface area contributed by atoms with Gasteiger partial charge < -0.3 is 10.3 Å². The number of nitrogens with two attached hydrogens (primary N) is 1. The first kappa shape index (κ1) is 9.92. The lowest BCUT2D eigenvalue weighted by Crippen LogP contribution is -2.12. The molecule has 80 valence electrons. The van der Waals surface area contributed by atoms with Crippen LogP contribution in [-0.4, -0.2) is 19.3 Å². The Balaban J connectivity index is 2.20. The molecule has 2 heterocycles. The van der Waals surface area contributed by atoms with Crippen molar-refractivity contribution in [3.05, 3.63) is 36.2 Å². The minimum Gasteiger partial charge on any atom is -0.327 e. The van der Waals surface area contributed by atoms with E-state index in [9.17, 15) is 0 Å². The molecule has 5 nitrogen and oxygen atoms in total. The number of hydrogen-bond acceptors (Lipinski definition) is 3. The fourth-order valence-corrected chi connectivity index (χ4v) is 1.56. The quantitative estimate of drug-likeness (QED) is 0.801. The Kier molecular flexibility index (Phi) is 2.55. The fourth-order valence-electron chi connectivity index (χ4n) is 1.56. The third kappa shape index (κ3) is 2.07. The van der Waals surface area contributed by atoms with Crippen molar-refractivity contribution < 1.29 is 0 Å². The van der Waals surface area contributed by atoms with E-state index in [1.807, 2.05) is 30.8 Å². The van der Waals surface area contributed by atoms with Gasteiger partial charge in [0.05, 0.1) is 24.3 Å². The molecule has 0 radical (unpaired) electrons. The van der Waals surface area contributed by atoms with Gasteiger partial charge in [-0.15, -0.1) is 0 Å². The highest BCUT2D eigenvalue weighted by molar-refractivity contribution is 5.07. The molecular formula is C10H15N5. The number of imidazole rings is 1. The van der Waals surface area contributed by atoms with Crippen LogP contribution in [0.1, 0.15) is 24.4 Å². The summed E-state index contributed by atoms with van der Waals surface area (Å²) >= 11 is 0. The fraction of sp³-hybridized carbons (Fsp3) is 0.400. The molecule has 0 aliphatic rings. The maximum Gasteiger partial charge on any atom is 0.0952 e. The highest BCUT2D eigenvalue weighted by Gasteiger charge is 2.07. The van der Waals surface area contributed by atoms with Crippen molar-refractivity contribution in [3.8, 4) is 0 Å². The number of aryl methyl sites for hydroxylation is 1. The number of hydrogen-bond donors (Lipinski definition) is 1. The molecule has 0 aliphatic carbocycles. The van der Waals surface area contributed by atoms with E-state index < -0.39 is 0 Å². The zero-order valence-electron chi connectivity index (χ0n) is 8.96. The maximum atomic E-state index is 5.83. The molecule has 5 heteroatoms. The normalized spacial score (nSPS) is 13.0. The molecule has 2 aromatic rings. The van der Waals surface area contributed by atoms with Gasteiger partial charge in [0.2, 0.25) is 0 Å². The average Bonchev–Trinajstić information content (AvgIpc) is 2.75. The van der Waals surface area contributed by atoms with Crippen LogP contribution in [0.3, 0.4) is 0 Å². The van der Waals surface area contributed by atoms with Gasteiger partial charge in [-0.05, 0) is 13.0 Å². The summed E-state index contributed by atoms with van der Waals surface area (Å²) < 4.78 is 3.81. The molecule has 0 unspecified atom stereocenters. The van der Waals surface area contributed by atoms with Crippen molar-refractivity contribution in [1.82, 2.24) is 19.3 Å². The summed E-state index contributed by atoms with van der Waals surface area (Å²) in [6, 6.07) is 1.99.